The number of hydrogen-bond acceptors (Lipinski definition) is 6. The van der Waals surface area contributed by atoms with Crippen molar-refractivity contribution in [3.8, 4) is 5.75 Å². The normalized spacial score (nSPS) is 21.9. The molecule has 2 aromatic rings. The van der Waals surface area contributed by atoms with Gasteiger partial charge in [-0.3, -0.25) is 14.2 Å². The molecule has 3 aliphatic heterocycles. The number of rotatable bonds is 5. The number of piperidine rings is 1. The van der Waals surface area contributed by atoms with Gasteiger partial charge in [-0.1, -0.05) is 13.0 Å². The third kappa shape index (κ3) is 3.50. The maximum atomic E-state index is 13.8. The summed E-state index contributed by atoms with van der Waals surface area (Å²) in [6.07, 6.45) is 4.59. The fraction of sp³-hybridized carbons (Fsp3) is 0.522. The lowest BCUT2D eigenvalue weighted by Gasteiger charge is -2.39. The number of ether oxygens (including phenoxy) is 1. The van der Waals surface area contributed by atoms with E-state index in [0.717, 1.165) is 43.7 Å². The lowest BCUT2D eigenvalue weighted by molar-refractivity contribution is 0.103. The Balaban J connectivity index is 1.44. The predicted molar refractivity (Wildman–Crippen MR) is 120 cm³/mol. The van der Waals surface area contributed by atoms with E-state index >= 15 is 0 Å². The molecule has 1 aromatic heterocycles. The zero-order valence-corrected chi connectivity index (χ0v) is 19.0. The van der Waals surface area contributed by atoms with E-state index in [1.165, 1.54) is 0 Å². The van der Waals surface area contributed by atoms with Crippen molar-refractivity contribution in [2.45, 2.75) is 43.2 Å². The summed E-state index contributed by atoms with van der Waals surface area (Å²) in [5.41, 5.74) is 2.37. The van der Waals surface area contributed by atoms with Crippen molar-refractivity contribution in [3.63, 3.8) is 0 Å². The number of aromatic nitrogens is 1. The van der Waals surface area contributed by atoms with Gasteiger partial charge in [-0.05, 0) is 50.7 Å². The Hall–Kier alpha value is -2.16. The van der Waals surface area contributed by atoms with Crippen LogP contribution < -0.4 is 9.04 Å². The van der Waals surface area contributed by atoms with Crippen molar-refractivity contribution in [2.24, 2.45) is 0 Å². The van der Waals surface area contributed by atoms with Crippen molar-refractivity contribution in [3.05, 3.63) is 47.8 Å². The Bertz CT molecular complexity index is 1070. The quantitative estimate of drug-likeness (QED) is 0.709. The van der Waals surface area contributed by atoms with Gasteiger partial charge in [0.1, 0.15) is 5.75 Å². The molecule has 1 aromatic carbocycles. The Morgan fingerprint density at radius 3 is 2.77 bits per heavy atom. The number of nitrogens with zero attached hydrogens (tertiary/aromatic N) is 4. The second kappa shape index (κ2) is 8.07. The SMILES string of the molecule is CCN(C)C1CCN(C2CN(S(=O)(=O)c3cccc4c3CCO4)c3cccnc32)CC1. The van der Waals surface area contributed by atoms with Crippen LogP contribution in [0.2, 0.25) is 0 Å². The summed E-state index contributed by atoms with van der Waals surface area (Å²) in [5, 5.41) is 0. The van der Waals surface area contributed by atoms with Crippen LogP contribution in [0.5, 0.6) is 5.75 Å². The second-order valence-corrected chi connectivity index (χ2v) is 10.5. The van der Waals surface area contributed by atoms with Gasteiger partial charge >= 0.3 is 0 Å². The highest BCUT2D eigenvalue weighted by atomic mass is 32.2. The average Bonchev–Trinajstić information content (AvgIpc) is 3.43. The molecule has 1 fully saturated rings. The molecule has 0 spiro atoms. The van der Waals surface area contributed by atoms with E-state index in [1.807, 2.05) is 18.2 Å². The molecule has 0 N–H and O–H groups in total. The molecule has 1 atom stereocenters. The first-order chi connectivity index (χ1) is 15.0. The van der Waals surface area contributed by atoms with E-state index in [1.54, 1.807) is 22.6 Å². The van der Waals surface area contributed by atoms with Crippen LogP contribution >= 0.6 is 0 Å². The second-order valence-electron chi connectivity index (χ2n) is 8.63. The molecule has 0 aliphatic carbocycles. The lowest BCUT2D eigenvalue weighted by atomic mass is 10.0. The smallest absolute Gasteiger partial charge is 0.264 e. The fourth-order valence-electron chi connectivity index (χ4n) is 5.18. The summed E-state index contributed by atoms with van der Waals surface area (Å²) in [5.74, 6) is 0.686. The summed E-state index contributed by atoms with van der Waals surface area (Å²) in [4.78, 5) is 9.82. The monoisotopic (exact) mass is 442 g/mol. The maximum absolute atomic E-state index is 13.8. The van der Waals surface area contributed by atoms with Gasteiger partial charge < -0.3 is 9.64 Å². The minimum Gasteiger partial charge on any atom is -0.493 e. The van der Waals surface area contributed by atoms with E-state index in [2.05, 4.69) is 28.8 Å². The molecule has 166 valence electrons. The van der Waals surface area contributed by atoms with Gasteiger partial charge in [0.15, 0.2) is 0 Å². The van der Waals surface area contributed by atoms with Crippen LogP contribution in [-0.2, 0) is 16.4 Å². The highest BCUT2D eigenvalue weighted by Gasteiger charge is 2.42. The topological polar surface area (TPSA) is 66.0 Å². The van der Waals surface area contributed by atoms with E-state index in [4.69, 9.17) is 4.74 Å². The third-order valence-corrected chi connectivity index (χ3v) is 8.93. The fourth-order valence-corrected chi connectivity index (χ4v) is 6.93. The van der Waals surface area contributed by atoms with Crippen molar-refractivity contribution in [1.29, 1.82) is 0 Å². The molecule has 8 heteroatoms. The number of likely N-dealkylation sites (tertiary alicyclic amines) is 1. The van der Waals surface area contributed by atoms with Gasteiger partial charge in [0.2, 0.25) is 0 Å². The standard InChI is InChI=1S/C23H30N4O3S/c1-3-25(2)17-9-13-26(14-10-17)20-16-27(19-6-5-12-24-23(19)20)31(28,29)22-8-4-7-21-18(22)11-15-30-21/h4-8,12,17,20H,3,9-11,13-16H2,1-2H3. The molecule has 0 radical (unpaired) electrons. The van der Waals surface area contributed by atoms with E-state index in [-0.39, 0.29) is 6.04 Å². The molecular weight excluding hydrogens is 412 g/mol. The van der Waals surface area contributed by atoms with Crippen LogP contribution in [0.4, 0.5) is 5.69 Å². The third-order valence-electron chi connectivity index (χ3n) is 7.07. The van der Waals surface area contributed by atoms with E-state index in [9.17, 15) is 8.42 Å². The summed E-state index contributed by atoms with van der Waals surface area (Å²) >= 11 is 0. The first-order valence-electron chi connectivity index (χ1n) is 11.2. The molecule has 4 heterocycles. The number of fused-ring (bicyclic) bond motifs is 2. The molecular formula is C23H30N4O3S. The van der Waals surface area contributed by atoms with Crippen LogP contribution in [0, 0.1) is 0 Å². The highest BCUT2D eigenvalue weighted by Crippen LogP contribution is 2.42. The Morgan fingerprint density at radius 2 is 2.00 bits per heavy atom. The first kappa shape index (κ1) is 20.7. The van der Waals surface area contributed by atoms with Crippen molar-refractivity contribution in [1.82, 2.24) is 14.8 Å². The molecule has 0 bridgehead atoms. The maximum Gasteiger partial charge on any atom is 0.264 e. The molecule has 31 heavy (non-hydrogen) atoms. The zero-order chi connectivity index (χ0) is 21.6. The van der Waals surface area contributed by atoms with Crippen LogP contribution in [0.3, 0.4) is 0 Å². The van der Waals surface area contributed by atoms with E-state index in [0.29, 0.717) is 41.9 Å². The molecule has 5 rings (SSSR count). The number of sulfonamides is 1. The van der Waals surface area contributed by atoms with Crippen LogP contribution in [-0.4, -0.2) is 69.1 Å². The van der Waals surface area contributed by atoms with Gasteiger partial charge in [-0.25, -0.2) is 8.42 Å². The number of anilines is 1. The Morgan fingerprint density at radius 1 is 1.19 bits per heavy atom. The summed E-state index contributed by atoms with van der Waals surface area (Å²) in [6.45, 7) is 6.10. The number of benzene rings is 1. The highest BCUT2D eigenvalue weighted by molar-refractivity contribution is 7.93. The minimum atomic E-state index is -3.70. The molecule has 0 amide bonds. The van der Waals surface area contributed by atoms with Crippen LogP contribution in [0.15, 0.2) is 41.4 Å². The molecule has 3 aliphatic rings. The first-order valence-corrected chi connectivity index (χ1v) is 12.6. The largest absolute Gasteiger partial charge is 0.493 e. The lowest BCUT2D eigenvalue weighted by Crippen LogP contribution is -2.45. The molecule has 1 unspecified atom stereocenters. The molecule has 0 saturated carbocycles. The number of hydrogen-bond donors (Lipinski definition) is 0. The van der Waals surface area contributed by atoms with Crippen molar-refractivity contribution in [2.75, 3.05) is 44.1 Å². The van der Waals surface area contributed by atoms with Gasteiger partial charge in [-0.15, -0.1) is 0 Å². The van der Waals surface area contributed by atoms with Crippen molar-refractivity contribution < 1.29 is 13.2 Å². The summed E-state index contributed by atoms with van der Waals surface area (Å²) < 4.78 is 34.7. The zero-order valence-electron chi connectivity index (χ0n) is 18.2. The van der Waals surface area contributed by atoms with Crippen LogP contribution in [0.1, 0.15) is 37.1 Å². The van der Waals surface area contributed by atoms with Gasteiger partial charge in [0.25, 0.3) is 10.0 Å². The number of pyridine rings is 1. The van der Waals surface area contributed by atoms with Gasteiger partial charge in [0, 0.05) is 37.3 Å². The van der Waals surface area contributed by atoms with E-state index < -0.39 is 10.0 Å². The minimum absolute atomic E-state index is 0.00753. The Labute approximate surface area is 184 Å². The van der Waals surface area contributed by atoms with Crippen molar-refractivity contribution >= 4 is 15.7 Å². The average molecular weight is 443 g/mol. The van der Waals surface area contributed by atoms with Gasteiger partial charge in [-0.2, -0.15) is 0 Å². The van der Waals surface area contributed by atoms with Gasteiger partial charge in [0.05, 0.1) is 35.5 Å². The predicted octanol–water partition coefficient (Wildman–Crippen LogP) is 2.68. The molecule has 1 saturated heterocycles. The van der Waals surface area contributed by atoms with Crippen LogP contribution in [0.25, 0.3) is 0 Å². The molecule has 7 nitrogen and oxygen atoms in total. The Kier molecular flexibility index (Phi) is 5.40. The summed E-state index contributed by atoms with van der Waals surface area (Å²) in [7, 11) is -1.52. The summed E-state index contributed by atoms with van der Waals surface area (Å²) in [6, 6.07) is 9.62.